The summed E-state index contributed by atoms with van der Waals surface area (Å²) in [4.78, 5) is 2.07. The highest BCUT2D eigenvalue weighted by Gasteiger charge is 2.16. The Kier molecular flexibility index (Phi) is 5.76. The molecular weight excluding hydrogens is 331 g/mol. The maximum atomic E-state index is 14.6. The number of hydrogen-bond acceptors (Lipinski definition) is 2. The molecule has 2 aromatic carbocycles. The van der Waals surface area contributed by atoms with Crippen molar-refractivity contribution in [3.05, 3.63) is 63.9 Å². The normalized spacial score (nSPS) is 10.7. The van der Waals surface area contributed by atoms with E-state index in [4.69, 9.17) is 5.73 Å². The van der Waals surface area contributed by atoms with E-state index in [2.05, 4.69) is 39.9 Å². The number of benzene rings is 2. The van der Waals surface area contributed by atoms with Crippen LogP contribution in [-0.4, -0.2) is 6.54 Å². The minimum absolute atomic E-state index is 0.234. The summed E-state index contributed by atoms with van der Waals surface area (Å²) in [6.45, 7) is 3.92. The van der Waals surface area contributed by atoms with Gasteiger partial charge >= 0.3 is 0 Å². The predicted molar refractivity (Wildman–Crippen MR) is 89.8 cm³/mol. The first-order chi connectivity index (χ1) is 10.2. The van der Waals surface area contributed by atoms with Gasteiger partial charge in [-0.25, -0.2) is 4.39 Å². The first kappa shape index (κ1) is 16.0. The van der Waals surface area contributed by atoms with Crippen molar-refractivity contribution >= 4 is 21.6 Å². The fourth-order valence-electron chi connectivity index (χ4n) is 2.34. The molecule has 2 N–H and O–H groups in total. The zero-order valence-corrected chi connectivity index (χ0v) is 13.7. The zero-order valence-electron chi connectivity index (χ0n) is 12.2. The minimum Gasteiger partial charge on any atom is -0.365 e. The van der Waals surface area contributed by atoms with Crippen LogP contribution in [0.3, 0.4) is 0 Å². The number of hydrogen-bond donors (Lipinski definition) is 1. The van der Waals surface area contributed by atoms with Crippen molar-refractivity contribution in [3.63, 3.8) is 0 Å². The Labute approximate surface area is 133 Å². The molecule has 0 saturated carbocycles. The molecule has 4 heteroatoms. The van der Waals surface area contributed by atoms with Crippen LogP contribution in [0, 0.1) is 5.82 Å². The highest BCUT2D eigenvalue weighted by Crippen LogP contribution is 2.30. The van der Waals surface area contributed by atoms with Crippen LogP contribution in [0.15, 0.2) is 46.9 Å². The third kappa shape index (κ3) is 3.83. The van der Waals surface area contributed by atoms with Crippen LogP contribution in [0.4, 0.5) is 10.1 Å². The summed E-state index contributed by atoms with van der Waals surface area (Å²) in [7, 11) is 0. The van der Waals surface area contributed by atoms with Crippen molar-refractivity contribution in [2.24, 2.45) is 5.73 Å². The molecule has 0 aliphatic rings. The Bertz CT molecular complexity index is 587. The number of anilines is 1. The highest BCUT2D eigenvalue weighted by atomic mass is 79.9. The van der Waals surface area contributed by atoms with E-state index in [9.17, 15) is 4.39 Å². The summed E-state index contributed by atoms with van der Waals surface area (Å²) in [6, 6.07) is 13.8. The van der Waals surface area contributed by atoms with Gasteiger partial charge in [-0.15, -0.1) is 0 Å². The quantitative estimate of drug-likeness (QED) is 0.832. The van der Waals surface area contributed by atoms with Gasteiger partial charge < -0.3 is 10.6 Å². The summed E-state index contributed by atoms with van der Waals surface area (Å²) < 4.78 is 15.1. The molecule has 0 heterocycles. The Balaban J connectivity index is 2.32. The van der Waals surface area contributed by atoms with Gasteiger partial charge in [0.1, 0.15) is 0 Å². The summed E-state index contributed by atoms with van der Waals surface area (Å²) in [5.74, 6) is -0.234. The largest absolute Gasteiger partial charge is 0.365 e. The molecule has 0 amide bonds. The van der Waals surface area contributed by atoms with Gasteiger partial charge in [0, 0.05) is 19.6 Å². The molecule has 21 heavy (non-hydrogen) atoms. The lowest BCUT2D eigenvalue weighted by Gasteiger charge is -2.26. The molecule has 2 nitrogen and oxygen atoms in total. The van der Waals surface area contributed by atoms with E-state index in [-0.39, 0.29) is 5.82 Å². The van der Waals surface area contributed by atoms with Crippen molar-refractivity contribution in [1.29, 1.82) is 0 Å². The Morgan fingerprint density at radius 3 is 2.48 bits per heavy atom. The lowest BCUT2D eigenvalue weighted by atomic mass is 10.1. The molecule has 0 aliphatic carbocycles. The fourth-order valence-corrected chi connectivity index (χ4v) is 2.84. The Morgan fingerprint density at radius 2 is 1.86 bits per heavy atom. The SMILES string of the molecule is CCCN(Cc1ccccc1)c1ccc(CN)c(Br)c1F. The zero-order chi connectivity index (χ0) is 15.2. The van der Waals surface area contributed by atoms with E-state index in [1.54, 1.807) is 0 Å². The van der Waals surface area contributed by atoms with Crippen molar-refractivity contribution in [2.45, 2.75) is 26.4 Å². The fraction of sp³-hybridized carbons (Fsp3) is 0.294. The standard InChI is InChI=1S/C17H20BrFN2/c1-2-10-21(12-13-6-4-3-5-7-13)15-9-8-14(11-20)16(18)17(15)19/h3-9H,2,10-12,20H2,1H3. The van der Waals surface area contributed by atoms with E-state index in [0.29, 0.717) is 23.2 Å². The lowest BCUT2D eigenvalue weighted by molar-refractivity contribution is 0.605. The second-order valence-electron chi connectivity index (χ2n) is 4.98. The number of halogens is 2. The lowest BCUT2D eigenvalue weighted by Crippen LogP contribution is -2.24. The van der Waals surface area contributed by atoms with Crippen LogP contribution in [-0.2, 0) is 13.1 Å². The molecule has 0 fully saturated rings. The topological polar surface area (TPSA) is 29.3 Å². The molecule has 0 bridgehead atoms. The van der Waals surface area contributed by atoms with Gasteiger partial charge in [0.2, 0.25) is 0 Å². The average Bonchev–Trinajstić information content (AvgIpc) is 2.51. The second-order valence-corrected chi connectivity index (χ2v) is 5.78. The monoisotopic (exact) mass is 350 g/mol. The molecule has 0 atom stereocenters. The Hall–Kier alpha value is -1.39. The maximum absolute atomic E-state index is 14.6. The number of rotatable bonds is 6. The smallest absolute Gasteiger partial charge is 0.160 e. The maximum Gasteiger partial charge on any atom is 0.160 e. The van der Waals surface area contributed by atoms with E-state index in [0.717, 1.165) is 18.5 Å². The molecule has 0 spiro atoms. The van der Waals surface area contributed by atoms with Gasteiger partial charge in [-0.05, 0) is 39.5 Å². The number of nitrogens with zero attached hydrogens (tertiary/aromatic N) is 1. The van der Waals surface area contributed by atoms with Crippen molar-refractivity contribution < 1.29 is 4.39 Å². The summed E-state index contributed by atoms with van der Waals surface area (Å²) >= 11 is 3.31. The van der Waals surface area contributed by atoms with E-state index < -0.39 is 0 Å². The van der Waals surface area contributed by atoms with Crippen LogP contribution in [0.25, 0.3) is 0 Å². The summed E-state index contributed by atoms with van der Waals surface area (Å²) in [6.07, 6.45) is 0.961. The first-order valence-electron chi connectivity index (χ1n) is 7.13. The summed E-state index contributed by atoms with van der Waals surface area (Å²) in [5, 5.41) is 0. The van der Waals surface area contributed by atoms with Crippen LogP contribution in [0.1, 0.15) is 24.5 Å². The van der Waals surface area contributed by atoms with Gasteiger partial charge in [0.05, 0.1) is 10.2 Å². The highest BCUT2D eigenvalue weighted by molar-refractivity contribution is 9.10. The molecular formula is C17H20BrFN2. The van der Waals surface area contributed by atoms with Crippen LogP contribution in [0.2, 0.25) is 0 Å². The molecule has 0 radical (unpaired) electrons. The van der Waals surface area contributed by atoms with Crippen LogP contribution in [0.5, 0.6) is 0 Å². The third-order valence-corrected chi connectivity index (χ3v) is 4.27. The second kappa shape index (κ2) is 7.57. The molecule has 2 rings (SSSR count). The van der Waals surface area contributed by atoms with E-state index in [1.807, 2.05) is 30.3 Å². The molecule has 2 aromatic rings. The minimum atomic E-state index is -0.234. The van der Waals surface area contributed by atoms with Crippen LogP contribution < -0.4 is 10.6 Å². The molecule has 0 aliphatic heterocycles. The van der Waals surface area contributed by atoms with Crippen molar-refractivity contribution in [2.75, 3.05) is 11.4 Å². The van der Waals surface area contributed by atoms with E-state index >= 15 is 0 Å². The predicted octanol–water partition coefficient (Wildman–Crippen LogP) is 4.46. The van der Waals surface area contributed by atoms with Gasteiger partial charge in [-0.1, -0.05) is 43.3 Å². The number of nitrogens with two attached hydrogens (primary N) is 1. The molecule has 0 saturated heterocycles. The van der Waals surface area contributed by atoms with Gasteiger partial charge in [-0.2, -0.15) is 0 Å². The van der Waals surface area contributed by atoms with Crippen molar-refractivity contribution in [3.8, 4) is 0 Å². The first-order valence-corrected chi connectivity index (χ1v) is 7.92. The van der Waals surface area contributed by atoms with Crippen molar-refractivity contribution in [1.82, 2.24) is 0 Å². The van der Waals surface area contributed by atoms with Crippen LogP contribution >= 0.6 is 15.9 Å². The average molecular weight is 351 g/mol. The van der Waals surface area contributed by atoms with Gasteiger partial charge in [-0.3, -0.25) is 0 Å². The van der Waals surface area contributed by atoms with E-state index in [1.165, 1.54) is 5.56 Å². The van der Waals surface area contributed by atoms with Gasteiger partial charge in [0.15, 0.2) is 5.82 Å². The van der Waals surface area contributed by atoms with Gasteiger partial charge in [0.25, 0.3) is 0 Å². The molecule has 0 aromatic heterocycles. The molecule has 112 valence electrons. The summed E-state index contributed by atoms with van der Waals surface area (Å²) in [5.41, 5.74) is 8.19. The molecule has 0 unspecified atom stereocenters. The Morgan fingerprint density at radius 1 is 1.14 bits per heavy atom. The third-order valence-electron chi connectivity index (χ3n) is 3.41.